The first-order chi connectivity index (χ1) is 18.7. The van der Waals surface area contributed by atoms with E-state index in [-0.39, 0.29) is 30.1 Å². The van der Waals surface area contributed by atoms with Gasteiger partial charge in [0.05, 0.1) is 18.4 Å². The average Bonchev–Trinajstić information content (AvgIpc) is 3.44. The van der Waals surface area contributed by atoms with Gasteiger partial charge in [-0.25, -0.2) is 14.0 Å². The van der Waals surface area contributed by atoms with E-state index in [0.29, 0.717) is 16.8 Å². The van der Waals surface area contributed by atoms with Crippen molar-refractivity contribution >= 4 is 6.08 Å². The minimum Gasteiger partial charge on any atom is -0.467 e. The molecule has 0 saturated heterocycles. The first-order valence-electron chi connectivity index (χ1n) is 12.3. The molecule has 0 amide bonds. The van der Waals surface area contributed by atoms with Crippen molar-refractivity contribution < 1.29 is 22.7 Å². The molecule has 39 heavy (non-hydrogen) atoms. The molecule has 4 aromatic rings. The zero-order chi connectivity index (χ0) is 27.7. The van der Waals surface area contributed by atoms with Gasteiger partial charge in [-0.1, -0.05) is 67.6 Å². The highest BCUT2D eigenvalue weighted by Crippen LogP contribution is 2.45. The van der Waals surface area contributed by atoms with Crippen LogP contribution in [0.15, 0.2) is 83.3 Å². The Bertz CT molecular complexity index is 1590. The monoisotopic (exact) mass is 536 g/mol. The third-order valence-corrected chi connectivity index (χ3v) is 6.94. The lowest BCUT2D eigenvalue weighted by Gasteiger charge is -2.25. The Morgan fingerprint density at radius 3 is 2.56 bits per heavy atom. The van der Waals surface area contributed by atoms with Gasteiger partial charge in [-0.2, -0.15) is 13.2 Å². The number of aryl methyl sites for hydroxylation is 1. The molecule has 2 atom stereocenters. The van der Waals surface area contributed by atoms with Gasteiger partial charge in [0.15, 0.2) is 0 Å². The second-order valence-corrected chi connectivity index (χ2v) is 9.37. The number of hydroxylamine groups is 1. The second-order valence-electron chi connectivity index (χ2n) is 9.37. The van der Waals surface area contributed by atoms with E-state index in [4.69, 9.17) is 9.57 Å². The number of fused-ring (bicyclic) bond motifs is 1. The smallest absolute Gasteiger partial charge is 0.416 e. The van der Waals surface area contributed by atoms with Gasteiger partial charge in [-0.15, -0.1) is 5.10 Å². The van der Waals surface area contributed by atoms with E-state index in [2.05, 4.69) is 10.6 Å². The average molecular weight is 537 g/mol. The molecule has 5 rings (SSSR count). The Morgan fingerprint density at radius 2 is 1.79 bits per heavy atom. The van der Waals surface area contributed by atoms with Crippen LogP contribution in [-0.4, -0.2) is 21.5 Å². The van der Waals surface area contributed by atoms with Crippen molar-refractivity contribution in [3.8, 4) is 11.7 Å². The third kappa shape index (κ3) is 5.07. The highest BCUT2D eigenvalue weighted by molar-refractivity contribution is 5.66. The topological polar surface area (TPSA) is 70.3 Å². The normalized spacial score (nSPS) is 15.5. The Morgan fingerprint density at radius 1 is 1.05 bits per heavy atom. The van der Waals surface area contributed by atoms with Gasteiger partial charge in [0.2, 0.25) is 0 Å². The number of alkyl halides is 3. The number of hydrogen-bond acceptors (Lipinski definition) is 5. The van der Waals surface area contributed by atoms with Gasteiger partial charge < -0.3 is 4.74 Å². The SMILES string of the molecule is COc1nn(C)c(=O)n1-c1ccccc1CONC1=Cc2ccccc2C1C(C)c1cccc(C(F)(F)F)c1. The number of methoxy groups -OCH3 is 1. The van der Waals surface area contributed by atoms with Crippen LogP contribution in [-0.2, 0) is 24.7 Å². The maximum Gasteiger partial charge on any atom is 0.416 e. The summed E-state index contributed by atoms with van der Waals surface area (Å²) in [6, 6.07) is 20.6. The number of nitrogens with zero attached hydrogens (tertiary/aromatic N) is 3. The molecule has 1 N–H and O–H groups in total. The molecule has 1 aromatic heterocycles. The van der Waals surface area contributed by atoms with Crippen LogP contribution in [0.4, 0.5) is 13.2 Å². The summed E-state index contributed by atoms with van der Waals surface area (Å²) >= 11 is 0. The minimum absolute atomic E-state index is 0.0962. The fraction of sp³-hybridized carbons (Fsp3) is 0.241. The molecule has 1 aliphatic rings. The van der Waals surface area contributed by atoms with E-state index >= 15 is 0 Å². The lowest BCUT2D eigenvalue weighted by molar-refractivity contribution is -0.137. The molecule has 3 aromatic carbocycles. The van der Waals surface area contributed by atoms with Gasteiger partial charge in [-0.3, -0.25) is 10.3 Å². The van der Waals surface area contributed by atoms with E-state index in [1.54, 1.807) is 18.2 Å². The number of rotatable bonds is 8. The van der Waals surface area contributed by atoms with Crippen LogP contribution in [0.1, 0.15) is 46.6 Å². The quantitative estimate of drug-likeness (QED) is 0.299. The van der Waals surface area contributed by atoms with Crippen LogP contribution < -0.4 is 15.9 Å². The molecule has 0 fully saturated rings. The molecule has 202 valence electrons. The standard InChI is InChI=1S/C29H27F3N4O3/c1-18(19-11-8-12-22(15-19)29(30,31)32)26-23-13-6-4-9-20(23)16-24(26)34-39-17-21-10-5-7-14-25(21)36-27(38-3)33-35(2)28(36)37/h4-16,18,26,34H,17H2,1-3H3. The van der Waals surface area contributed by atoms with E-state index < -0.39 is 11.7 Å². The lowest BCUT2D eigenvalue weighted by Crippen LogP contribution is -2.24. The van der Waals surface area contributed by atoms with Crippen molar-refractivity contribution in [2.45, 2.75) is 31.5 Å². The minimum atomic E-state index is -4.42. The Balaban J connectivity index is 1.40. The number of benzene rings is 3. The molecule has 1 heterocycles. The zero-order valence-electron chi connectivity index (χ0n) is 21.6. The number of aromatic nitrogens is 3. The number of ether oxygens (including phenoxy) is 1. The van der Waals surface area contributed by atoms with Crippen LogP contribution in [0.2, 0.25) is 0 Å². The number of para-hydroxylation sites is 1. The van der Waals surface area contributed by atoms with Crippen molar-refractivity contribution in [1.82, 2.24) is 19.8 Å². The zero-order valence-corrected chi connectivity index (χ0v) is 21.6. The Labute approximate surface area is 223 Å². The van der Waals surface area contributed by atoms with Gasteiger partial charge in [0.25, 0.3) is 0 Å². The lowest BCUT2D eigenvalue weighted by atomic mass is 9.82. The summed E-state index contributed by atoms with van der Waals surface area (Å²) in [5.41, 5.74) is 6.56. The molecule has 0 saturated carbocycles. The predicted octanol–water partition coefficient (Wildman–Crippen LogP) is 5.56. The number of allylic oxidation sites excluding steroid dienone is 1. The molecular weight excluding hydrogens is 509 g/mol. The second kappa shape index (κ2) is 10.5. The van der Waals surface area contributed by atoms with Crippen molar-refractivity contribution in [3.05, 3.63) is 117 Å². The summed E-state index contributed by atoms with van der Waals surface area (Å²) in [4.78, 5) is 18.6. The first kappa shape index (κ1) is 26.3. The van der Waals surface area contributed by atoms with Crippen molar-refractivity contribution in [1.29, 1.82) is 0 Å². The molecule has 10 heteroatoms. The van der Waals surface area contributed by atoms with Crippen molar-refractivity contribution in [3.63, 3.8) is 0 Å². The van der Waals surface area contributed by atoms with E-state index in [9.17, 15) is 18.0 Å². The molecule has 0 radical (unpaired) electrons. The van der Waals surface area contributed by atoms with Gasteiger partial charge >= 0.3 is 17.9 Å². The third-order valence-electron chi connectivity index (χ3n) is 6.94. The van der Waals surface area contributed by atoms with Crippen LogP contribution >= 0.6 is 0 Å². The molecular formula is C29H27F3N4O3. The molecule has 1 aliphatic carbocycles. The predicted molar refractivity (Wildman–Crippen MR) is 140 cm³/mol. The van der Waals surface area contributed by atoms with Crippen LogP contribution in [0, 0.1) is 0 Å². The van der Waals surface area contributed by atoms with Crippen LogP contribution in [0.3, 0.4) is 0 Å². The fourth-order valence-electron chi connectivity index (χ4n) is 5.00. The largest absolute Gasteiger partial charge is 0.467 e. The van der Waals surface area contributed by atoms with Gasteiger partial charge in [0, 0.05) is 24.2 Å². The number of hydrogen-bond donors (Lipinski definition) is 1. The molecule has 7 nitrogen and oxygen atoms in total. The summed E-state index contributed by atoms with van der Waals surface area (Å²) in [6.45, 7) is 2.01. The maximum atomic E-state index is 13.4. The molecule has 0 aliphatic heterocycles. The van der Waals surface area contributed by atoms with E-state index in [0.717, 1.165) is 22.9 Å². The summed E-state index contributed by atoms with van der Waals surface area (Å²) in [6.07, 6.45) is -2.47. The highest BCUT2D eigenvalue weighted by atomic mass is 19.4. The van der Waals surface area contributed by atoms with E-state index in [1.165, 1.54) is 35.5 Å². The van der Waals surface area contributed by atoms with Gasteiger partial charge in [-0.05, 0) is 40.8 Å². The molecule has 0 bridgehead atoms. The first-order valence-corrected chi connectivity index (χ1v) is 12.3. The number of nitrogens with one attached hydrogen (secondary N) is 1. The summed E-state index contributed by atoms with van der Waals surface area (Å²) in [7, 11) is 2.98. The molecule has 2 unspecified atom stereocenters. The van der Waals surface area contributed by atoms with E-state index in [1.807, 2.05) is 49.4 Å². The number of halogens is 3. The highest BCUT2D eigenvalue weighted by Gasteiger charge is 2.34. The summed E-state index contributed by atoms with van der Waals surface area (Å²) < 4.78 is 48.0. The molecule has 0 spiro atoms. The van der Waals surface area contributed by atoms with Crippen LogP contribution in [0.5, 0.6) is 6.01 Å². The Kier molecular flexibility index (Phi) is 7.05. The van der Waals surface area contributed by atoms with Gasteiger partial charge in [0.1, 0.15) is 6.61 Å². The Hall–Kier alpha value is -4.31. The maximum absolute atomic E-state index is 13.4. The fourth-order valence-corrected chi connectivity index (χ4v) is 5.00. The summed E-state index contributed by atoms with van der Waals surface area (Å²) in [5.74, 6) is -0.523. The van der Waals surface area contributed by atoms with Crippen molar-refractivity contribution in [2.75, 3.05) is 7.11 Å². The van der Waals surface area contributed by atoms with Crippen LogP contribution in [0.25, 0.3) is 11.8 Å². The van der Waals surface area contributed by atoms with Crippen molar-refractivity contribution in [2.24, 2.45) is 7.05 Å². The summed E-state index contributed by atoms with van der Waals surface area (Å²) in [5, 5.41) is 4.10.